The summed E-state index contributed by atoms with van der Waals surface area (Å²) in [4.78, 5) is 2.47. The van der Waals surface area contributed by atoms with Gasteiger partial charge in [0.1, 0.15) is 0 Å². The number of nitrogens with one attached hydrogen (secondary N) is 1. The minimum Gasteiger partial charge on any atom is -0.493 e. The lowest BCUT2D eigenvalue weighted by molar-refractivity contribution is 0.199. The number of rotatable bonds is 5. The number of piperazine rings is 1. The van der Waals surface area contributed by atoms with E-state index in [9.17, 15) is 0 Å². The highest BCUT2D eigenvalue weighted by Gasteiger charge is 2.16. The average Bonchev–Trinajstić information content (AvgIpc) is 2.40. The SMILES string of the molecule is COc1cc(CN2CCNC(C)C2)ccc1OC(C)C.Cl. The number of benzene rings is 1. The van der Waals surface area contributed by atoms with E-state index in [1.54, 1.807) is 7.11 Å². The van der Waals surface area contributed by atoms with Crippen molar-refractivity contribution < 1.29 is 9.47 Å². The summed E-state index contributed by atoms with van der Waals surface area (Å²) in [6.07, 6.45) is 0.156. The zero-order chi connectivity index (χ0) is 14.5. The molecule has 120 valence electrons. The third kappa shape index (κ3) is 5.38. The molecule has 0 aliphatic carbocycles. The van der Waals surface area contributed by atoms with Gasteiger partial charge in [-0.3, -0.25) is 4.90 Å². The maximum Gasteiger partial charge on any atom is 0.161 e. The van der Waals surface area contributed by atoms with Crippen molar-refractivity contribution in [3.05, 3.63) is 23.8 Å². The van der Waals surface area contributed by atoms with Crippen LogP contribution in [0.2, 0.25) is 0 Å². The molecule has 1 aromatic rings. The number of hydrogen-bond donors (Lipinski definition) is 1. The summed E-state index contributed by atoms with van der Waals surface area (Å²) in [7, 11) is 1.69. The molecule has 1 aromatic carbocycles. The van der Waals surface area contributed by atoms with E-state index >= 15 is 0 Å². The monoisotopic (exact) mass is 314 g/mol. The molecular weight excluding hydrogens is 288 g/mol. The molecule has 0 aromatic heterocycles. The standard InChI is InChI=1S/C16H26N2O2.ClH/c1-12(2)20-15-6-5-14(9-16(15)19-4)11-18-8-7-17-13(3)10-18;/h5-6,9,12-13,17H,7-8,10-11H2,1-4H3;1H. The van der Waals surface area contributed by atoms with E-state index in [1.165, 1.54) is 5.56 Å². The van der Waals surface area contributed by atoms with E-state index in [1.807, 2.05) is 19.9 Å². The van der Waals surface area contributed by atoms with Gasteiger partial charge in [-0.05, 0) is 38.5 Å². The summed E-state index contributed by atoms with van der Waals surface area (Å²) < 4.78 is 11.2. The Kier molecular flexibility index (Phi) is 7.29. The molecule has 21 heavy (non-hydrogen) atoms. The molecule has 1 saturated heterocycles. The van der Waals surface area contributed by atoms with Gasteiger partial charge in [-0.2, -0.15) is 0 Å². The Morgan fingerprint density at radius 1 is 1.33 bits per heavy atom. The molecule has 0 saturated carbocycles. The third-order valence-corrected chi connectivity index (χ3v) is 3.45. The fourth-order valence-corrected chi connectivity index (χ4v) is 2.58. The Labute approximate surface area is 134 Å². The molecule has 4 nitrogen and oxygen atoms in total. The zero-order valence-corrected chi connectivity index (χ0v) is 14.2. The first-order valence-corrected chi connectivity index (χ1v) is 7.37. The third-order valence-electron chi connectivity index (χ3n) is 3.45. The maximum absolute atomic E-state index is 5.75. The average molecular weight is 315 g/mol. The van der Waals surface area contributed by atoms with Gasteiger partial charge in [-0.15, -0.1) is 12.4 Å². The fraction of sp³-hybridized carbons (Fsp3) is 0.625. The van der Waals surface area contributed by atoms with E-state index in [-0.39, 0.29) is 18.5 Å². The molecule has 1 unspecified atom stereocenters. The molecule has 1 aliphatic rings. The van der Waals surface area contributed by atoms with Gasteiger partial charge in [-0.25, -0.2) is 0 Å². The Morgan fingerprint density at radius 2 is 2.10 bits per heavy atom. The molecule has 1 atom stereocenters. The smallest absolute Gasteiger partial charge is 0.161 e. The van der Waals surface area contributed by atoms with Gasteiger partial charge in [-0.1, -0.05) is 6.07 Å². The lowest BCUT2D eigenvalue weighted by atomic mass is 10.1. The van der Waals surface area contributed by atoms with Crippen LogP contribution in [0.3, 0.4) is 0 Å². The number of ether oxygens (including phenoxy) is 2. The van der Waals surface area contributed by atoms with Crippen LogP contribution in [-0.2, 0) is 6.54 Å². The summed E-state index contributed by atoms with van der Waals surface area (Å²) >= 11 is 0. The van der Waals surface area contributed by atoms with Crippen LogP contribution in [0.25, 0.3) is 0 Å². The largest absolute Gasteiger partial charge is 0.493 e. The van der Waals surface area contributed by atoms with Crippen LogP contribution < -0.4 is 14.8 Å². The van der Waals surface area contributed by atoms with Gasteiger partial charge in [0, 0.05) is 32.2 Å². The quantitative estimate of drug-likeness (QED) is 0.906. The number of nitrogens with zero attached hydrogens (tertiary/aromatic N) is 1. The van der Waals surface area contributed by atoms with E-state index in [0.29, 0.717) is 6.04 Å². The Bertz CT molecular complexity index is 440. The molecular formula is C16H27ClN2O2. The zero-order valence-electron chi connectivity index (χ0n) is 13.4. The van der Waals surface area contributed by atoms with Gasteiger partial charge >= 0.3 is 0 Å². The van der Waals surface area contributed by atoms with E-state index in [2.05, 4.69) is 29.3 Å². The number of halogens is 1. The topological polar surface area (TPSA) is 33.7 Å². The normalized spacial score (nSPS) is 19.2. The fourth-order valence-electron chi connectivity index (χ4n) is 2.58. The second kappa shape index (κ2) is 8.47. The summed E-state index contributed by atoms with van der Waals surface area (Å²) in [6, 6.07) is 6.80. The van der Waals surface area contributed by atoms with Crippen molar-refractivity contribution >= 4 is 12.4 Å². The van der Waals surface area contributed by atoms with Crippen LogP contribution in [-0.4, -0.2) is 43.8 Å². The molecule has 1 N–H and O–H groups in total. The van der Waals surface area contributed by atoms with E-state index in [4.69, 9.17) is 9.47 Å². The highest BCUT2D eigenvalue weighted by molar-refractivity contribution is 5.85. The Morgan fingerprint density at radius 3 is 2.71 bits per heavy atom. The van der Waals surface area contributed by atoms with E-state index in [0.717, 1.165) is 37.7 Å². The Balaban J connectivity index is 0.00000220. The van der Waals surface area contributed by atoms with Gasteiger partial charge in [0.25, 0.3) is 0 Å². The van der Waals surface area contributed by atoms with Gasteiger partial charge in [0.05, 0.1) is 13.2 Å². The minimum absolute atomic E-state index is 0. The highest BCUT2D eigenvalue weighted by atomic mass is 35.5. The number of methoxy groups -OCH3 is 1. The summed E-state index contributed by atoms with van der Waals surface area (Å²) in [5.41, 5.74) is 1.27. The van der Waals surface area contributed by atoms with E-state index < -0.39 is 0 Å². The molecule has 2 rings (SSSR count). The first kappa shape index (κ1) is 18.1. The van der Waals surface area contributed by atoms with Crippen molar-refractivity contribution in [1.29, 1.82) is 0 Å². The van der Waals surface area contributed by atoms with Gasteiger partial charge in [0.15, 0.2) is 11.5 Å². The molecule has 1 aliphatic heterocycles. The molecule has 0 spiro atoms. The van der Waals surface area contributed by atoms with Gasteiger partial charge < -0.3 is 14.8 Å². The van der Waals surface area contributed by atoms with Crippen molar-refractivity contribution in [3.63, 3.8) is 0 Å². The van der Waals surface area contributed by atoms with Crippen molar-refractivity contribution in [3.8, 4) is 11.5 Å². The summed E-state index contributed by atoms with van der Waals surface area (Å²) in [6.45, 7) is 10.5. The van der Waals surface area contributed by atoms with Crippen LogP contribution in [0.1, 0.15) is 26.3 Å². The van der Waals surface area contributed by atoms with Crippen LogP contribution in [0.5, 0.6) is 11.5 Å². The minimum atomic E-state index is 0. The van der Waals surface area contributed by atoms with Crippen LogP contribution in [0.4, 0.5) is 0 Å². The second-order valence-electron chi connectivity index (χ2n) is 5.74. The molecule has 1 heterocycles. The lowest BCUT2D eigenvalue weighted by Gasteiger charge is -2.31. The molecule has 1 fully saturated rings. The number of hydrogen-bond acceptors (Lipinski definition) is 4. The van der Waals surface area contributed by atoms with Crippen LogP contribution in [0.15, 0.2) is 18.2 Å². The van der Waals surface area contributed by atoms with Crippen molar-refractivity contribution in [2.75, 3.05) is 26.7 Å². The van der Waals surface area contributed by atoms with Crippen molar-refractivity contribution in [1.82, 2.24) is 10.2 Å². The lowest BCUT2D eigenvalue weighted by Crippen LogP contribution is -2.48. The van der Waals surface area contributed by atoms with Crippen molar-refractivity contribution in [2.45, 2.75) is 39.5 Å². The van der Waals surface area contributed by atoms with Crippen LogP contribution in [0, 0.1) is 0 Å². The second-order valence-corrected chi connectivity index (χ2v) is 5.74. The maximum atomic E-state index is 5.75. The van der Waals surface area contributed by atoms with Crippen LogP contribution >= 0.6 is 12.4 Å². The first-order chi connectivity index (χ1) is 9.58. The predicted octanol–water partition coefficient (Wildman–Crippen LogP) is 2.70. The molecule has 0 amide bonds. The molecule has 0 radical (unpaired) electrons. The van der Waals surface area contributed by atoms with Gasteiger partial charge in [0.2, 0.25) is 0 Å². The summed E-state index contributed by atoms with van der Waals surface area (Å²) in [5, 5.41) is 3.46. The highest BCUT2D eigenvalue weighted by Crippen LogP contribution is 2.29. The first-order valence-electron chi connectivity index (χ1n) is 7.37. The predicted molar refractivity (Wildman–Crippen MR) is 88.7 cm³/mol. The summed E-state index contributed by atoms with van der Waals surface area (Å²) in [5.74, 6) is 1.64. The molecule has 0 bridgehead atoms. The molecule has 5 heteroatoms. The van der Waals surface area contributed by atoms with Crippen molar-refractivity contribution in [2.24, 2.45) is 0 Å². The Hall–Kier alpha value is -0.970.